The highest BCUT2D eigenvalue weighted by molar-refractivity contribution is 7.59. The first-order valence-electron chi connectivity index (χ1n) is 7.86. The predicted molar refractivity (Wildman–Crippen MR) is 110 cm³/mol. The molecule has 0 aliphatic carbocycles. The summed E-state index contributed by atoms with van der Waals surface area (Å²) in [6.07, 6.45) is 2.59. The van der Waals surface area contributed by atoms with Gasteiger partial charge in [-0.2, -0.15) is 18.8 Å². The Bertz CT molecular complexity index is 1050. The number of nitrogens with zero attached hydrogens (tertiary/aromatic N) is 3. The molecule has 0 spiro atoms. The quantitative estimate of drug-likeness (QED) is 0.698. The molecule has 1 fully saturated rings. The molecule has 0 bridgehead atoms. The van der Waals surface area contributed by atoms with Crippen molar-refractivity contribution in [2.75, 3.05) is 18.4 Å². The maximum absolute atomic E-state index is 12.6. The van der Waals surface area contributed by atoms with E-state index >= 15 is 0 Å². The lowest BCUT2D eigenvalue weighted by molar-refractivity contribution is 0.574. The number of nitriles is 1. The van der Waals surface area contributed by atoms with Crippen LogP contribution >= 0.6 is 36.6 Å². The number of hydrogen-bond donors (Lipinski definition) is 2. The summed E-state index contributed by atoms with van der Waals surface area (Å²) in [6, 6.07) is 9.45. The highest BCUT2D eigenvalue weighted by Crippen LogP contribution is 2.35. The zero-order chi connectivity index (χ0) is 17.4. The summed E-state index contributed by atoms with van der Waals surface area (Å²) in [5.74, 6) is 0. The van der Waals surface area contributed by atoms with Gasteiger partial charge in [0.05, 0.1) is 22.3 Å². The number of anilines is 2. The molecule has 0 amide bonds. The zero-order valence-corrected chi connectivity index (χ0v) is 16.2. The maximum atomic E-state index is 12.6. The van der Waals surface area contributed by atoms with Gasteiger partial charge in [-0.15, -0.1) is 0 Å². The maximum Gasteiger partial charge on any atom is 0.281 e. The number of aromatic nitrogens is 2. The minimum absolute atomic E-state index is 0. The number of rotatable bonds is 3. The molecule has 134 valence electrons. The van der Waals surface area contributed by atoms with Crippen LogP contribution in [0.25, 0.3) is 10.9 Å². The van der Waals surface area contributed by atoms with E-state index in [0.717, 1.165) is 30.4 Å². The lowest BCUT2D eigenvalue weighted by Gasteiger charge is -2.10. The van der Waals surface area contributed by atoms with Crippen molar-refractivity contribution in [2.45, 2.75) is 12.5 Å². The third kappa shape index (κ3) is 3.19. The Balaban J connectivity index is 0.00000196. The Labute approximate surface area is 166 Å². The first-order chi connectivity index (χ1) is 12.2. The van der Waals surface area contributed by atoms with E-state index in [4.69, 9.17) is 11.6 Å². The van der Waals surface area contributed by atoms with Crippen molar-refractivity contribution in [1.82, 2.24) is 14.3 Å². The van der Waals surface area contributed by atoms with Crippen molar-refractivity contribution in [1.29, 1.82) is 5.26 Å². The highest BCUT2D eigenvalue weighted by atomic mass is 35.5. The van der Waals surface area contributed by atoms with Crippen molar-refractivity contribution >= 4 is 58.2 Å². The second kappa shape index (κ2) is 7.68. The second-order valence-corrected chi connectivity index (χ2v) is 7.19. The molecule has 4 rings (SSSR count). The Morgan fingerprint density at radius 3 is 3.00 bits per heavy atom. The van der Waals surface area contributed by atoms with E-state index in [1.54, 1.807) is 16.2 Å². The van der Waals surface area contributed by atoms with Crippen LogP contribution < -0.4 is 16.2 Å². The lowest BCUT2D eigenvalue weighted by Crippen LogP contribution is -2.22. The molecule has 9 heteroatoms. The number of pyridine rings is 1. The molecule has 2 N–H and O–H groups in total. The minimum Gasteiger partial charge on any atom is -0.343 e. The van der Waals surface area contributed by atoms with Gasteiger partial charge in [0.1, 0.15) is 11.1 Å². The average Bonchev–Trinajstić information content (AvgIpc) is 3.25. The summed E-state index contributed by atoms with van der Waals surface area (Å²) < 4.78 is 1.68. The standard InChI is InChI=1S/C17H14ClN5OS.H2S/c18-13-3-4-14-11(2-1-6-21-14)15(13)22-16-12(8-19)17(24)23(25-16)10-5-7-20-9-10;/h1-4,6,10,20,22H,5,7,9H2;1H2/t10-;/m0./s1. The summed E-state index contributed by atoms with van der Waals surface area (Å²) in [7, 11) is 0. The highest BCUT2D eigenvalue weighted by Gasteiger charge is 2.24. The average molecular weight is 406 g/mol. The molecule has 0 unspecified atom stereocenters. The van der Waals surface area contributed by atoms with Crippen LogP contribution in [-0.2, 0) is 0 Å². The van der Waals surface area contributed by atoms with Gasteiger partial charge in [0, 0.05) is 18.1 Å². The number of hydrogen-bond acceptors (Lipinski definition) is 6. The number of benzene rings is 1. The molecule has 2 aromatic heterocycles. The van der Waals surface area contributed by atoms with Crippen LogP contribution in [0.3, 0.4) is 0 Å². The van der Waals surface area contributed by atoms with E-state index in [-0.39, 0.29) is 30.7 Å². The van der Waals surface area contributed by atoms with E-state index < -0.39 is 0 Å². The molecule has 3 heterocycles. The van der Waals surface area contributed by atoms with Gasteiger partial charge in [0.25, 0.3) is 5.56 Å². The summed E-state index contributed by atoms with van der Waals surface area (Å²) in [5.41, 5.74) is 1.31. The normalized spacial score (nSPS) is 16.2. The molecule has 1 atom stereocenters. The van der Waals surface area contributed by atoms with Crippen LogP contribution in [0, 0.1) is 11.3 Å². The van der Waals surface area contributed by atoms with Gasteiger partial charge in [-0.05, 0) is 48.8 Å². The number of halogens is 1. The first kappa shape index (κ1) is 18.7. The SMILES string of the molecule is N#Cc1c(Nc2c(Cl)ccc3ncccc23)sn([C@H]2CCNC2)c1=O.S. The van der Waals surface area contributed by atoms with Crippen LogP contribution in [0.5, 0.6) is 0 Å². The van der Waals surface area contributed by atoms with Crippen LogP contribution in [0.15, 0.2) is 35.3 Å². The topological polar surface area (TPSA) is 82.7 Å². The fraction of sp³-hybridized carbons (Fsp3) is 0.235. The Kier molecular flexibility index (Phi) is 5.53. The Morgan fingerprint density at radius 1 is 1.42 bits per heavy atom. The van der Waals surface area contributed by atoms with Crippen molar-refractivity contribution in [2.24, 2.45) is 0 Å². The van der Waals surface area contributed by atoms with E-state index in [0.29, 0.717) is 15.7 Å². The molecule has 3 aromatic rings. The monoisotopic (exact) mass is 405 g/mol. The summed E-state index contributed by atoms with van der Waals surface area (Å²) in [4.78, 5) is 16.9. The van der Waals surface area contributed by atoms with Gasteiger partial charge in [0.2, 0.25) is 0 Å². The summed E-state index contributed by atoms with van der Waals surface area (Å²) in [6.45, 7) is 1.62. The third-order valence-corrected chi connectivity index (χ3v) is 5.75. The Morgan fingerprint density at radius 2 is 2.27 bits per heavy atom. The van der Waals surface area contributed by atoms with Gasteiger partial charge in [-0.25, -0.2) is 0 Å². The molecule has 0 radical (unpaired) electrons. The van der Waals surface area contributed by atoms with Gasteiger partial charge in [-0.3, -0.25) is 13.7 Å². The smallest absolute Gasteiger partial charge is 0.281 e. The molecule has 1 aromatic carbocycles. The zero-order valence-electron chi connectivity index (χ0n) is 13.6. The van der Waals surface area contributed by atoms with Crippen LogP contribution in [0.1, 0.15) is 18.0 Å². The third-order valence-electron chi connectivity index (χ3n) is 4.28. The molecule has 1 aliphatic rings. The van der Waals surface area contributed by atoms with Gasteiger partial charge >= 0.3 is 0 Å². The molecule has 1 aliphatic heterocycles. The molecular weight excluding hydrogens is 390 g/mol. The van der Waals surface area contributed by atoms with Crippen LogP contribution in [0.4, 0.5) is 10.7 Å². The molecule has 1 saturated heterocycles. The van der Waals surface area contributed by atoms with E-state index in [1.807, 2.05) is 24.3 Å². The molecule has 6 nitrogen and oxygen atoms in total. The minimum atomic E-state index is -0.252. The number of nitrogens with one attached hydrogen (secondary N) is 2. The fourth-order valence-corrected chi connectivity index (χ4v) is 4.31. The van der Waals surface area contributed by atoms with Gasteiger partial charge in [0.15, 0.2) is 5.56 Å². The van der Waals surface area contributed by atoms with E-state index in [2.05, 4.69) is 15.6 Å². The molecular formula is C17H16ClN5OS2. The lowest BCUT2D eigenvalue weighted by atomic mass is 10.2. The number of fused-ring (bicyclic) bond motifs is 1. The van der Waals surface area contributed by atoms with Crippen molar-refractivity contribution < 1.29 is 0 Å². The Hall–Kier alpha value is -2.05. The molecule has 26 heavy (non-hydrogen) atoms. The van der Waals surface area contributed by atoms with Crippen LogP contribution in [0.2, 0.25) is 5.02 Å². The fourth-order valence-electron chi connectivity index (χ4n) is 3.02. The van der Waals surface area contributed by atoms with Crippen molar-refractivity contribution in [3.8, 4) is 6.07 Å². The van der Waals surface area contributed by atoms with Crippen molar-refractivity contribution in [3.63, 3.8) is 0 Å². The van der Waals surface area contributed by atoms with E-state index in [1.165, 1.54) is 11.5 Å². The summed E-state index contributed by atoms with van der Waals surface area (Å²) in [5, 5.41) is 17.8. The van der Waals surface area contributed by atoms with Gasteiger partial charge in [-0.1, -0.05) is 11.6 Å². The first-order valence-corrected chi connectivity index (χ1v) is 9.01. The second-order valence-electron chi connectivity index (χ2n) is 5.80. The predicted octanol–water partition coefficient (Wildman–Crippen LogP) is 3.37. The van der Waals surface area contributed by atoms with E-state index in [9.17, 15) is 10.1 Å². The van der Waals surface area contributed by atoms with Gasteiger partial charge < -0.3 is 10.6 Å². The van der Waals surface area contributed by atoms with Crippen molar-refractivity contribution in [3.05, 3.63) is 51.4 Å². The van der Waals surface area contributed by atoms with Crippen LogP contribution in [-0.4, -0.2) is 22.0 Å². The summed E-state index contributed by atoms with van der Waals surface area (Å²) >= 11 is 7.63. The largest absolute Gasteiger partial charge is 0.343 e. The molecule has 0 saturated carbocycles.